The molecule has 6 heteroatoms. The number of methoxy groups -OCH3 is 1. The molecule has 0 bridgehead atoms. The van der Waals surface area contributed by atoms with Gasteiger partial charge in [-0.05, 0) is 47.5 Å². The van der Waals surface area contributed by atoms with Gasteiger partial charge in [0.25, 0.3) is 0 Å². The molecular weight excluding hydrogens is 388 g/mol. The number of aryl methyl sites for hydroxylation is 1. The molecule has 3 aromatic rings. The van der Waals surface area contributed by atoms with E-state index in [9.17, 15) is 0 Å². The molecule has 2 aromatic heterocycles. The van der Waals surface area contributed by atoms with Crippen LogP contribution >= 0.6 is 0 Å². The van der Waals surface area contributed by atoms with Gasteiger partial charge in [-0.2, -0.15) is 9.61 Å². The van der Waals surface area contributed by atoms with Gasteiger partial charge in [0.05, 0.1) is 23.5 Å². The average molecular weight is 423 g/mol. The number of hydrogen-bond acceptors (Lipinski definition) is 5. The van der Waals surface area contributed by atoms with E-state index < -0.39 is 0 Å². The van der Waals surface area contributed by atoms with E-state index in [0.29, 0.717) is 6.10 Å². The van der Waals surface area contributed by atoms with Gasteiger partial charge in [0.1, 0.15) is 5.82 Å². The van der Waals surface area contributed by atoms with E-state index in [4.69, 9.17) is 19.6 Å². The van der Waals surface area contributed by atoms with Crippen molar-refractivity contribution in [3.8, 4) is 11.3 Å². The molecule has 3 heterocycles. The number of anilines is 1. The van der Waals surface area contributed by atoms with Crippen molar-refractivity contribution >= 4 is 11.5 Å². The number of rotatable bonds is 5. The molecule has 166 valence electrons. The molecule has 0 saturated carbocycles. The highest BCUT2D eigenvalue weighted by molar-refractivity contribution is 5.67. The monoisotopic (exact) mass is 422 g/mol. The lowest BCUT2D eigenvalue weighted by Crippen LogP contribution is -2.39. The average Bonchev–Trinajstić information content (AvgIpc) is 3.15. The zero-order valence-electron chi connectivity index (χ0n) is 19.6. The SMILES string of the molecule is COC1CCN(c2c(C(C)OC(C)(C)C)c(C)nc3cc(-c4ccccc4)nn23)CC1. The largest absolute Gasteiger partial charge is 0.381 e. The van der Waals surface area contributed by atoms with Gasteiger partial charge in [0.2, 0.25) is 0 Å². The molecule has 0 spiro atoms. The number of hydrogen-bond donors (Lipinski definition) is 0. The maximum absolute atomic E-state index is 6.39. The summed E-state index contributed by atoms with van der Waals surface area (Å²) in [5.41, 5.74) is 4.75. The highest BCUT2D eigenvalue weighted by Gasteiger charge is 2.29. The van der Waals surface area contributed by atoms with E-state index in [2.05, 4.69) is 57.7 Å². The molecule has 1 aliphatic heterocycles. The molecule has 0 amide bonds. The van der Waals surface area contributed by atoms with Gasteiger partial charge in [0.15, 0.2) is 5.65 Å². The molecule has 0 radical (unpaired) electrons. The van der Waals surface area contributed by atoms with Crippen LogP contribution in [0.4, 0.5) is 5.82 Å². The van der Waals surface area contributed by atoms with Crippen molar-refractivity contribution in [3.63, 3.8) is 0 Å². The number of ether oxygens (including phenoxy) is 2. The predicted octanol–water partition coefficient (Wildman–Crippen LogP) is 5.20. The quantitative estimate of drug-likeness (QED) is 0.566. The first-order chi connectivity index (χ1) is 14.8. The van der Waals surface area contributed by atoms with Crippen LogP contribution in [0.15, 0.2) is 36.4 Å². The topological polar surface area (TPSA) is 51.9 Å². The summed E-state index contributed by atoms with van der Waals surface area (Å²) in [4.78, 5) is 7.36. The molecule has 1 unspecified atom stereocenters. The minimum atomic E-state index is -0.250. The normalized spacial score (nSPS) is 16.8. The minimum Gasteiger partial charge on any atom is -0.381 e. The summed E-state index contributed by atoms with van der Waals surface area (Å²) in [6, 6.07) is 12.4. The van der Waals surface area contributed by atoms with Crippen LogP contribution < -0.4 is 4.90 Å². The van der Waals surface area contributed by atoms with E-state index in [1.165, 1.54) is 0 Å². The van der Waals surface area contributed by atoms with Crippen LogP contribution in [0.25, 0.3) is 16.9 Å². The number of fused-ring (bicyclic) bond motifs is 1. The summed E-state index contributed by atoms with van der Waals surface area (Å²) in [7, 11) is 1.80. The molecule has 1 atom stereocenters. The van der Waals surface area contributed by atoms with Gasteiger partial charge in [-0.15, -0.1) is 0 Å². The fourth-order valence-corrected chi connectivity index (χ4v) is 4.54. The number of nitrogens with zero attached hydrogens (tertiary/aromatic N) is 4. The van der Waals surface area contributed by atoms with Gasteiger partial charge in [-0.1, -0.05) is 30.3 Å². The fourth-order valence-electron chi connectivity index (χ4n) is 4.54. The lowest BCUT2D eigenvalue weighted by atomic mass is 10.0. The predicted molar refractivity (Wildman–Crippen MR) is 125 cm³/mol. The van der Waals surface area contributed by atoms with E-state index >= 15 is 0 Å². The Bertz CT molecular complexity index is 1030. The Hall–Kier alpha value is -2.44. The molecule has 1 aliphatic rings. The van der Waals surface area contributed by atoms with Crippen LogP contribution in [-0.2, 0) is 9.47 Å². The second kappa shape index (κ2) is 8.60. The zero-order chi connectivity index (χ0) is 22.2. The third kappa shape index (κ3) is 4.60. The van der Waals surface area contributed by atoms with Crippen molar-refractivity contribution in [2.24, 2.45) is 0 Å². The maximum atomic E-state index is 6.39. The maximum Gasteiger partial charge on any atom is 0.158 e. The van der Waals surface area contributed by atoms with Crippen molar-refractivity contribution in [3.05, 3.63) is 47.7 Å². The Morgan fingerprint density at radius 2 is 1.77 bits per heavy atom. The summed E-state index contributed by atoms with van der Waals surface area (Å²) in [5, 5.41) is 5.00. The third-order valence-corrected chi connectivity index (χ3v) is 5.89. The molecule has 4 rings (SSSR count). The first kappa shape index (κ1) is 21.8. The number of piperidine rings is 1. The van der Waals surface area contributed by atoms with Crippen molar-refractivity contribution in [1.82, 2.24) is 14.6 Å². The van der Waals surface area contributed by atoms with Crippen molar-refractivity contribution in [2.75, 3.05) is 25.1 Å². The van der Waals surface area contributed by atoms with E-state index in [-0.39, 0.29) is 11.7 Å². The van der Waals surface area contributed by atoms with Crippen LogP contribution in [0.3, 0.4) is 0 Å². The van der Waals surface area contributed by atoms with Crippen LogP contribution in [-0.4, -0.2) is 46.5 Å². The van der Waals surface area contributed by atoms with E-state index in [0.717, 1.165) is 59.9 Å². The van der Waals surface area contributed by atoms with Crippen LogP contribution in [0.1, 0.15) is 57.9 Å². The van der Waals surface area contributed by atoms with Gasteiger partial charge < -0.3 is 14.4 Å². The number of benzene rings is 1. The molecular formula is C25H34N4O2. The molecule has 1 saturated heterocycles. The number of aromatic nitrogens is 3. The molecule has 6 nitrogen and oxygen atoms in total. The Balaban J connectivity index is 1.85. The zero-order valence-corrected chi connectivity index (χ0v) is 19.6. The smallest absolute Gasteiger partial charge is 0.158 e. The Labute approximate surface area is 185 Å². The van der Waals surface area contributed by atoms with Crippen molar-refractivity contribution < 1.29 is 9.47 Å². The molecule has 1 fully saturated rings. The summed E-state index contributed by atoms with van der Waals surface area (Å²) in [5.74, 6) is 1.09. The van der Waals surface area contributed by atoms with Gasteiger partial charge in [-0.3, -0.25) is 0 Å². The van der Waals surface area contributed by atoms with Gasteiger partial charge in [-0.25, -0.2) is 4.98 Å². The van der Waals surface area contributed by atoms with Crippen LogP contribution in [0.5, 0.6) is 0 Å². The molecule has 0 aliphatic carbocycles. The first-order valence-corrected chi connectivity index (χ1v) is 11.2. The lowest BCUT2D eigenvalue weighted by Gasteiger charge is -2.36. The van der Waals surface area contributed by atoms with Gasteiger partial charge >= 0.3 is 0 Å². The summed E-state index contributed by atoms with van der Waals surface area (Å²) in [6.07, 6.45) is 2.22. The van der Waals surface area contributed by atoms with Crippen LogP contribution in [0.2, 0.25) is 0 Å². The lowest BCUT2D eigenvalue weighted by molar-refractivity contribution is -0.0533. The standard InChI is InChI=1S/C25H34N4O2/c1-17-23(18(2)31-25(3,4)5)24(28-14-12-20(30-6)13-15-28)29-22(26-17)16-21(27-29)19-10-8-7-9-11-19/h7-11,16,18,20H,12-15H2,1-6H3. The van der Waals surface area contributed by atoms with Crippen LogP contribution in [0, 0.1) is 6.92 Å². The second-order valence-corrected chi connectivity index (χ2v) is 9.39. The third-order valence-electron chi connectivity index (χ3n) is 5.89. The molecule has 31 heavy (non-hydrogen) atoms. The van der Waals surface area contributed by atoms with Crippen molar-refractivity contribution in [2.45, 2.75) is 65.3 Å². The summed E-state index contributed by atoms with van der Waals surface area (Å²) >= 11 is 0. The highest BCUT2D eigenvalue weighted by atomic mass is 16.5. The molecule has 0 N–H and O–H groups in total. The highest BCUT2D eigenvalue weighted by Crippen LogP contribution is 2.36. The van der Waals surface area contributed by atoms with Crippen molar-refractivity contribution in [1.29, 1.82) is 0 Å². The Morgan fingerprint density at radius 3 is 2.39 bits per heavy atom. The first-order valence-electron chi connectivity index (χ1n) is 11.2. The fraction of sp³-hybridized carbons (Fsp3) is 0.520. The van der Waals surface area contributed by atoms with E-state index in [1.54, 1.807) is 7.11 Å². The van der Waals surface area contributed by atoms with E-state index in [1.807, 2.05) is 22.7 Å². The summed E-state index contributed by atoms with van der Waals surface area (Å²) < 4.78 is 14.0. The second-order valence-electron chi connectivity index (χ2n) is 9.39. The Morgan fingerprint density at radius 1 is 1.10 bits per heavy atom. The van der Waals surface area contributed by atoms with Gasteiger partial charge in [0, 0.05) is 43.1 Å². The minimum absolute atomic E-state index is 0.101. The Kier molecular flexibility index (Phi) is 6.04. The molecule has 1 aromatic carbocycles. The summed E-state index contributed by atoms with van der Waals surface area (Å²) in [6.45, 7) is 12.3.